The minimum atomic E-state index is 0.612. The number of halogens is 1. The normalized spacial score (nSPS) is 9.61. The fraction of sp³-hybridized carbons (Fsp3) is 0.0625. The second-order valence-corrected chi connectivity index (χ2v) is 4.11. The van der Waals surface area contributed by atoms with Crippen LogP contribution in [-0.2, 0) is 5.88 Å². The number of hydrogen-bond donors (Lipinski definition) is 0. The van der Waals surface area contributed by atoms with Gasteiger partial charge in [0.05, 0.1) is 0 Å². The molecule has 0 radical (unpaired) electrons. The molecule has 1 heterocycles. The molecule has 0 bridgehead atoms. The van der Waals surface area contributed by atoms with E-state index in [1.807, 2.05) is 60.9 Å². The molecule has 90 valence electrons. The minimum Gasteiger partial charge on any atom is -0.264 e. The van der Waals surface area contributed by atoms with E-state index in [-0.39, 0.29) is 0 Å². The Balaban J connectivity index is 0.000000138. The minimum absolute atomic E-state index is 0.612. The van der Waals surface area contributed by atoms with E-state index >= 15 is 0 Å². The Morgan fingerprint density at radius 1 is 0.778 bits per heavy atom. The first kappa shape index (κ1) is 12.6. The highest BCUT2D eigenvalue weighted by atomic mass is 35.5. The Hall–Kier alpha value is -1.86. The molecule has 0 fully saturated rings. The van der Waals surface area contributed by atoms with Gasteiger partial charge in [-0.05, 0) is 22.4 Å². The molecule has 0 spiro atoms. The van der Waals surface area contributed by atoms with Crippen molar-refractivity contribution in [3.05, 3.63) is 78.6 Å². The van der Waals surface area contributed by atoms with Crippen molar-refractivity contribution in [2.75, 3.05) is 0 Å². The average Bonchev–Trinajstić information content (AvgIpc) is 2.49. The second kappa shape index (κ2) is 6.77. The third-order valence-corrected chi connectivity index (χ3v) is 2.86. The van der Waals surface area contributed by atoms with Gasteiger partial charge in [-0.3, -0.25) is 4.98 Å². The Kier molecular flexibility index (Phi) is 4.74. The standard InChI is InChI=1S/C9H7N.C7H7Cl/c1-2-4-9-7-10-6-5-8(9)3-1;8-6-7-4-2-1-3-5-7/h1-7H;1-5H,6H2. The van der Waals surface area contributed by atoms with E-state index in [0.717, 1.165) is 0 Å². The molecule has 2 aromatic carbocycles. The maximum atomic E-state index is 5.53. The molecule has 1 nitrogen and oxygen atoms in total. The molecule has 0 aliphatic rings. The summed E-state index contributed by atoms with van der Waals surface area (Å²) in [7, 11) is 0. The van der Waals surface area contributed by atoms with Crippen molar-refractivity contribution < 1.29 is 0 Å². The van der Waals surface area contributed by atoms with Gasteiger partial charge in [-0.25, -0.2) is 0 Å². The van der Waals surface area contributed by atoms with Gasteiger partial charge < -0.3 is 0 Å². The van der Waals surface area contributed by atoms with E-state index in [1.54, 1.807) is 0 Å². The number of nitrogens with zero attached hydrogens (tertiary/aromatic N) is 1. The molecular weight excluding hydrogens is 242 g/mol. The zero-order chi connectivity index (χ0) is 12.6. The summed E-state index contributed by atoms with van der Waals surface area (Å²) in [4.78, 5) is 4.01. The number of rotatable bonds is 1. The fourth-order valence-corrected chi connectivity index (χ4v) is 1.77. The molecule has 2 heteroatoms. The van der Waals surface area contributed by atoms with Crippen LogP contribution in [-0.4, -0.2) is 4.98 Å². The van der Waals surface area contributed by atoms with Crippen molar-refractivity contribution >= 4 is 22.4 Å². The summed E-state index contributed by atoms with van der Waals surface area (Å²) in [5.74, 6) is 0.612. The van der Waals surface area contributed by atoms with Crippen LogP contribution in [0.25, 0.3) is 10.8 Å². The summed E-state index contributed by atoms with van der Waals surface area (Å²) in [6.45, 7) is 0. The van der Waals surface area contributed by atoms with Gasteiger partial charge in [0.15, 0.2) is 0 Å². The zero-order valence-corrected chi connectivity index (χ0v) is 10.7. The highest BCUT2D eigenvalue weighted by molar-refractivity contribution is 6.17. The highest BCUT2D eigenvalue weighted by Gasteiger charge is 1.86. The van der Waals surface area contributed by atoms with Crippen molar-refractivity contribution in [2.45, 2.75) is 5.88 Å². The van der Waals surface area contributed by atoms with Gasteiger partial charge in [0.1, 0.15) is 0 Å². The number of aromatic nitrogens is 1. The summed E-state index contributed by atoms with van der Waals surface area (Å²) in [5.41, 5.74) is 1.18. The quantitative estimate of drug-likeness (QED) is 0.577. The Labute approximate surface area is 112 Å². The van der Waals surface area contributed by atoms with Gasteiger partial charge in [-0.15, -0.1) is 11.6 Å². The predicted octanol–water partition coefficient (Wildman–Crippen LogP) is 4.66. The first-order valence-corrected chi connectivity index (χ1v) is 6.32. The van der Waals surface area contributed by atoms with Gasteiger partial charge in [0, 0.05) is 18.3 Å². The number of pyridine rings is 1. The van der Waals surface area contributed by atoms with Crippen LogP contribution in [0.4, 0.5) is 0 Å². The first-order chi connectivity index (χ1) is 8.90. The van der Waals surface area contributed by atoms with Crippen LogP contribution >= 0.6 is 11.6 Å². The predicted molar refractivity (Wildman–Crippen MR) is 77.7 cm³/mol. The van der Waals surface area contributed by atoms with Crippen LogP contribution in [0, 0.1) is 0 Å². The van der Waals surface area contributed by atoms with Crippen LogP contribution in [0.15, 0.2) is 73.1 Å². The van der Waals surface area contributed by atoms with E-state index in [2.05, 4.69) is 17.1 Å². The number of hydrogen-bond acceptors (Lipinski definition) is 1. The van der Waals surface area contributed by atoms with Gasteiger partial charge >= 0.3 is 0 Å². The van der Waals surface area contributed by atoms with E-state index in [1.165, 1.54) is 16.3 Å². The van der Waals surface area contributed by atoms with Crippen molar-refractivity contribution in [3.63, 3.8) is 0 Å². The van der Waals surface area contributed by atoms with Crippen LogP contribution < -0.4 is 0 Å². The number of benzene rings is 2. The SMILES string of the molecule is ClCc1ccccc1.c1ccc2cnccc2c1. The van der Waals surface area contributed by atoms with Crippen LogP contribution in [0.3, 0.4) is 0 Å². The van der Waals surface area contributed by atoms with Crippen molar-refractivity contribution in [3.8, 4) is 0 Å². The molecule has 18 heavy (non-hydrogen) atoms. The topological polar surface area (TPSA) is 12.9 Å². The Morgan fingerprint density at radius 2 is 1.44 bits per heavy atom. The molecule has 0 unspecified atom stereocenters. The first-order valence-electron chi connectivity index (χ1n) is 5.79. The molecule has 3 rings (SSSR count). The lowest BCUT2D eigenvalue weighted by Gasteiger charge is -1.91. The lowest BCUT2D eigenvalue weighted by molar-refractivity contribution is 1.36. The second-order valence-electron chi connectivity index (χ2n) is 3.84. The largest absolute Gasteiger partial charge is 0.264 e. The molecule has 0 N–H and O–H groups in total. The lowest BCUT2D eigenvalue weighted by atomic mass is 10.2. The monoisotopic (exact) mass is 255 g/mol. The van der Waals surface area contributed by atoms with Gasteiger partial charge in [-0.2, -0.15) is 0 Å². The molecule has 0 amide bonds. The molecular formula is C16H14ClN. The van der Waals surface area contributed by atoms with Crippen LogP contribution in [0.5, 0.6) is 0 Å². The van der Waals surface area contributed by atoms with Gasteiger partial charge in [0.2, 0.25) is 0 Å². The Bertz CT molecular complexity index is 528. The van der Waals surface area contributed by atoms with Crippen molar-refractivity contribution in [1.29, 1.82) is 0 Å². The maximum absolute atomic E-state index is 5.53. The molecule has 0 aliphatic heterocycles. The summed E-state index contributed by atoms with van der Waals surface area (Å²) in [5, 5.41) is 2.45. The van der Waals surface area contributed by atoms with Crippen molar-refractivity contribution in [1.82, 2.24) is 4.98 Å². The van der Waals surface area contributed by atoms with E-state index in [9.17, 15) is 0 Å². The molecule has 1 aromatic heterocycles. The number of fused-ring (bicyclic) bond motifs is 1. The average molecular weight is 256 g/mol. The lowest BCUT2D eigenvalue weighted by Crippen LogP contribution is -1.71. The van der Waals surface area contributed by atoms with Gasteiger partial charge in [-0.1, -0.05) is 54.6 Å². The van der Waals surface area contributed by atoms with Crippen LogP contribution in [0.2, 0.25) is 0 Å². The molecule has 3 aromatic rings. The highest BCUT2D eigenvalue weighted by Crippen LogP contribution is 2.09. The Morgan fingerprint density at radius 3 is 2.06 bits per heavy atom. The van der Waals surface area contributed by atoms with Crippen molar-refractivity contribution in [2.24, 2.45) is 0 Å². The molecule has 0 atom stereocenters. The maximum Gasteiger partial charge on any atom is 0.0474 e. The van der Waals surface area contributed by atoms with E-state index in [0.29, 0.717) is 5.88 Å². The molecule has 0 saturated heterocycles. The molecule has 0 saturated carbocycles. The zero-order valence-electron chi connectivity index (χ0n) is 9.96. The summed E-state index contributed by atoms with van der Waals surface area (Å²) in [6, 6.07) is 20.2. The summed E-state index contributed by atoms with van der Waals surface area (Å²) >= 11 is 5.53. The fourth-order valence-electron chi connectivity index (χ4n) is 1.59. The third kappa shape index (κ3) is 3.57. The third-order valence-electron chi connectivity index (χ3n) is 2.55. The number of alkyl halides is 1. The smallest absolute Gasteiger partial charge is 0.0474 e. The van der Waals surface area contributed by atoms with E-state index < -0.39 is 0 Å². The summed E-state index contributed by atoms with van der Waals surface area (Å²) < 4.78 is 0. The molecule has 0 aliphatic carbocycles. The van der Waals surface area contributed by atoms with Gasteiger partial charge in [0.25, 0.3) is 0 Å². The van der Waals surface area contributed by atoms with E-state index in [4.69, 9.17) is 11.6 Å². The van der Waals surface area contributed by atoms with Crippen LogP contribution in [0.1, 0.15) is 5.56 Å². The summed E-state index contributed by atoms with van der Waals surface area (Å²) in [6.07, 6.45) is 3.68.